The summed E-state index contributed by atoms with van der Waals surface area (Å²) in [5.41, 5.74) is 1.25. The van der Waals surface area contributed by atoms with E-state index in [1.54, 1.807) is 11.3 Å². The lowest BCUT2D eigenvalue weighted by molar-refractivity contribution is 0.812. The molecule has 0 spiro atoms. The number of aryl methyl sites for hydroxylation is 1. The van der Waals surface area contributed by atoms with Gasteiger partial charge in [0.05, 0.1) is 5.69 Å². The summed E-state index contributed by atoms with van der Waals surface area (Å²) in [5, 5.41) is 5.74. The third-order valence-corrected chi connectivity index (χ3v) is 3.17. The molecule has 0 radical (unpaired) electrons. The van der Waals surface area contributed by atoms with Gasteiger partial charge in [0.1, 0.15) is 5.00 Å². The van der Waals surface area contributed by atoms with E-state index < -0.39 is 0 Å². The van der Waals surface area contributed by atoms with Crippen LogP contribution in [0.5, 0.6) is 0 Å². The molecule has 0 aliphatic carbocycles. The van der Waals surface area contributed by atoms with Crippen LogP contribution in [0.2, 0.25) is 0 Å². The summed E-state index contributed by atoms with van der Waals surface area (Å²) in [4.78, 5) is 6.59. The van der Waals surface area contributed by atoms with Gasteiger partial charge in [0.25, 0.3) is 0 Å². The number of hydrogen-bond acceptors (Lipinski definition) is 4. The number of fused-ring (bicyclic) bond motifs is 1. The molecule has 0 fully saturated rings. The van der Waals surface area contributed by atoms with E-state index in [9.17, 15) is 0 Å². The van der Waals surface area contributed by atoms with Gasteiger partial charge in [-0.15, -0.1) is 0 Å². The summed E-state index contributed by atoms with van der Waals surface area (Å²) in [7, 11) is 4.06. The molecule has 3 nitrogen and oxygen atoms in total. The van der Waals surface area contributed by atoms with Gasteiger partial charge in [-0.2, -0.15) is 0 Å². The molecular formula is C8H13N3S. The van der Waals surface area contributed by atoms with E-state index in [0.29, 0.717) is 0 Å². The molecule has 2 heterocycles. The van der Waals surface area contributed by atoms with Gasteiger partial charge < -0.3 is 10.2 Å². The van der Waals surface area contributed by atoms with Crippen LogP contribution in [0.3, 0.4) is 0 Å². The van der Waals surface area contributed by atoms with Gasteiger partial charge in [-0.25, -0.2) is 4.98 Å². The smallest absolute Gasteiger partial charge is 0.187 e. The van der Waals surface area contributed by atoms with E-state index >= 15 is 0 Å². The highest BCUT2D eigenvalue weighted by atomic mass is 32.1. The maximum atomic E-state index is 4.53. The monoisotopic (exact) mass is 183 g/mol. The van der Waals surface area contributed by atoms with Crippen molar-refractivity contribution in [3.05, 3.63) is 5.69 Å². The number of nitrogens with one attached hydrogen (secondary N) is 1. The highest BCUT2D eigenvalue weighted by molar-refractivity contribution is 7.19. The second-order valence-electron chi connectivity index (χ2n) is 3.20. The highest BCUT2D eigenvalue weighted by Crippen LogP contribution is 2.32. The Hall–Kier alpha value is -0.770. The van der Waals surface area contributed by atoms with Gasteiger partial charge in [-0.05, 0) is 12.8 Å². The van der Waals surface area contributed by atoms with Crippen LogP contribution in [0.25, 0.3) is 0 Å². The summed E-state index contributed by atoms with van der Waals surface area (Å²) < 4.78 is 0. The van der Waals surface area contributed by atoms with Crippen molar-refractivity contribution in [1.29, 1.82) is 0 Å². The molecule has 1 aliphatic heterocycles. The van der Waals surface area contributed by atoms with Crippen molar-refractivity contribution in [2.45, 2.75) is 12.8 Å². The van der Waals surface area contributed by atoms with Crippen molar-refractivity contribution in [3.8, 4) is 0 Å². The van der Waals surface area contributed by atoms with Crippen LogP contribution < -0.4 is 10.2 Å². The molecule has 0 amide bonds. The molecule has 0 saturated carbocycles. The quantitative estimate of drug-likeness (QED) is 0.716. The number of hydrogen-bond donors (Lipinski definition) is 1. The fourth-order valence-electron chi connectivity index (χ4n) is 1.30. The first-order chi connectivity index (χ1) is 5.77. The first kappa shape index (κ1) is 7.86. The first-order valence-electron chi connectivity index (χ1n) is 4.18. The van der Waals surface area contributed by atoms with Gasteiger partial charge in [0.15, 0.2) is 5.13 Å². The predicted molar refractivity (Wildman–Crippen MR) is 53.3 cm³/mol. The lowest BCUT2D eigenvalue weighted by atomic mass is 10.2. The van der Waals surface area contributed by atoms with Crippen LogP contribution in [0.4, 0.5) is 10.1 Å². The van der Waals surface area contributed by atoms with E-state index in [1.807, 2.05) is 14.1 Å². The number of rotatable bonds is 1. The third kappa shape index (κ3) is 1.27. The normalized spacial score (nSPS) is 15.2. The average Bonchev–Trinajstić information content (AvgIpc) is 2.46. The predicted octanol–water partition coefficient (Wildman–Crippen LogP) is 1.57. The molecular weight excluding hydrogens is 170 g/mol. The third-order valence-electron chi connectivity index (χ3n) is 1.94. The van der Waals surface area contributed by atoms with Gasteiger partial charge >= 0.3 is 0 Å². The molecule has 4 heteroatoms. The fourth-order valence-corrected chi connectivity index (χ4v) is 2.26. The second-order valence-corrected chi connectivity index (χ2v) is 4.17. The molecule has 0 aromatic carbocycles. The Labute approximate surface area is 76.4 Å². The number of aromatic nitrogens is 1. The molecule has 0 atom stereocenters. The Morgan fingerprint density at radius 3 is 3.00 bits per heavy atom. The van der Waals surface area contributed by atoms with Crippen LogP contribution in [0, 0.1) is 0 Å². The summed E-state index contributed by atoms with van der Waals surface area (Å²) in [6.07, 6.45) is 2.34. The second kappa shape index (κ2) is 2.94. The molecule has 1 aromatic heterocycles. The van der Waals surface area contributed by atoms with Gasteiger partial charge in [0.2, 0.25) is 0 Å². The Morgan fingerprint density at radius 1 is 1.50 bits per heavy atom. The standard InChI is InChI=1S/C8H13N3S/c1-11(2)8-10-6-4-3-5-9-7(6)12-8/h9H,3-5H2,1-2H3. The van der Waals surface area contributed by atoms with Crippen LogP contribution in [-0.4, -0.2) is 25.6 Å². The largest absolute Gasteiger partial charge is 0.375 e. The maximum Gasteiger partial charge on any atom is 0.187 e. The van der Waals surface area contributed by atoms with Crippen LogP contribution in [-0.2, 0) is 6.42 Å². The Morgan fingerprint density at radius 2 is 2.33 bits per heavy atom. The summed E-state index contributed by atoms with van der Waals surface area (Å²) in [6, 6.07) is 0. The summed E-state index contributed by atoms with van der Waals surface area (Å²) in [6.45, 7) is 1.10. The summed E-state index contributed by atoms with van der Waals surface area (Å²) >= 11 is 1.75. The number of nitrogens with zero attached hydrogens (tertiary/aromatic N) is 2. The lowest BCUT2D eigenvalue weighted by Crippen LogP contribution is -2.10. The van der Waals surface area contributed by atoms with E-state index in [1.165, 1.54) is 17.1 Å². The Bertz CT molecular complexity index is 256. The zero-order valence-electron chi connectivity index (χ0n) is 7.42. The molecule has 1 aromatic rings. The highest BCUT2D eigenvalue weighted by Gasteiger charge is 2.14. The Kier molecular flexibility index (Phi) is 1.92. The van der Waals surface area contributed by atoms with E-state index in [0.717, 1.165) is 18.1 Å². The molecule has 12 heavy (non-hydrogen) atoms. The van der Waals surface area contributed by atoms with Crippen molar-refractivity contribution in [3.63, 3.8) is 0 Å². The topological polar surface area (TPSA) is 28.2 Å². The lowest BCUT2D eigenvalue weighted by Gasteiger charge is -2.10. The summed E-state index contributed by atoms with van der Waals surface area (Å²) in [5.74, 6) is 0. The minimum Gasteiger partial charge on any atom is -0.375 e. The Balaban J connectivity index is 2.32. The van der Waals surface area contributed by atoms with E-state index in [-0.39, 0.29) is 0 Å². The average molecular weight is 183 g/mol. The molecule has 1 aliphatic rings. The molecule has 1 N–H and O–H groups in total. The van der Waals surface area contributed by atoms with Crippen molar-refractivity contribution >= 4 is 21.5 Å². The van der Waals surface area contributed by atoms with Crippen molar-refractivity contribution < 1.29 is 0 Å². The zero-order valence-corrected chi connectivity index (χ0v) is 8.24. The van der Waals surface area contributed by atoms with E-state index in [2.05, 4.69) is 15.2 Å². The molecule has 0 bridgehead atoms. The number of anilines is 2. The fraction of sp³-hybridized carbons (Fsp3) is 0.625. The SMILES string of the molecule is CN(C)c1nc2c(s1)NCCC2. The minimum absolute atomic E-state index is 1.10. The van der Waals surface area contributed by atoms with Crippen molar-refractivity contribution in [2.24, 2.45) is 0 Å². The maximum absolute atomic E-state index is 4.53. The van der Waals surface area contributed by atoms with Crippen LogP contribution in [0.15, 0.2) is 0 Å². The number of thiazole rings is 1. The van der Waals surface area contributed by atoms with Crippen molar-refractivity contribution in [2.75, 3.05) is 30.9 Å². The van der Waals surface area contributed by atoms with Gasteiger partial charge in [-0.3, -0.25) is 0 Å². The van der Waals surface area contributed by atoms with Crippen LogP contribution >= 0.6 is 11.3 Å². The molecule has 66 valence electrons. The van der Waals surface area contributed by atoms with E-state index in [4.69, 9.17) is 0 Å². The zero-order chi connectivity index (χ0) is 8.55. The van der Waals surface area contributed by atoms with Gasteiger partial charge in [-0.1, -0.05) is 11.3 Å². The first-order valence-corrected chi connectivity index (χ1v) is 5.00. The van der Waals surface area contributed by atoms with Crippen molar-refractivity contribution in [1.82, 2.24) is 4.98 Å². The molecule has 0 saturated heterocycles. The minimum atomic E-state index is 1.10. The van der Waals surface area contributed by atoms with Crippen LogP contribution in [0.1, 0.15) is 12.1 Å². The molecule has 0 unspecified atom stereocenters. The molecule has 2 rings (SSSR count). The van der Waals surface area contributed by atoms with Gasteiger partial charge in [0, 0.05) is 20.6 Å².